The van der Waals surface area contributed by atoms with E-state index in [4.69, 9.17) is 0 Å². The first-order valence-corrected chi connectivity index (χ1v) is 9.25. The van der Waals surface area contributed by atoms with Crippen molar-refractivity contribution in [1.29, 1.82) is 0 Å². The summed E-state index contributed by atoms with van der Waals surface area (Å²) in [6.07, 6.45) is 18.6. The molecule has 1 aliphatic rings. The van der Waals surface area contributed by atoms with Gasteiger partial charge in [0.2, 0.25) is 0 Å². The summed E-state index contributed by atoms with van der Waals surface area (Å²) in [5.41, 5.74) is 0. The van der Waals surface area contributed by atoms with Crippen molar-refractivity contribution in [2.45, 2.75) is 96.8 Å². The summed E-state index contributed by atoms with van der Waals surface area (Å²) in [6, 6.07) is 0. The van der Waals surface area contributed by atoms with Crippen LogP contribution in [0.15, 0.2) is 0 Å². The molecule has 0 amide bonds. The summed E-state index contributed by atoms with van der Waals surface area (Å²) >= 11 is 0. The summed E-state index contributed by atoms with van der Waals surface area (Å²) in [5.74, 6) is 0.694. The Balaban J connectivity index is 1.83. The van der Waals surface area contributed by atoms with Crippen molar-refractivity contribution in [2.24, 2.45) is 5.92 Å². The van der Waals surface area contributed by atoms with Gasteiger partial charge in [-0.1, -0.05) is 77.6 Å². The summed E-state index contributed by atoms with van der Waals surface area (Å²) in [7, 11) is 0. The zero-order valence-electron chi connectivity index (χ0n) is 13.7. The number of rotatable bonds is 12. The quantitative estimate of drug-likeness (QED) is 0.329. The first kappa shape index (κ1) is 18.0. The van der Waals surface area contributed by atoms with Gasteiger partial charge in [-0.3, -0.25) is 0 Å². The van der Waals surface area contributed by atoms with Crippen LogP contribution in [0.3, 0.4) is 0 Å². The smallest absolute Gasteiger partial charge is 0.0116 e. The van der Waals surface area contributed by atoms with Gasteiger partial charge in [0.25, 0.3) is 0 Å². The third-order valence-electron chi connectivity index (χ3n) is 4.70. The van der Waals surface area contributed by atoms with E-state index < -0.39 is 0 Å². The Labute approximate surface area is 126 Å². The molecular weight excluding hydrogens is 246 g/mol. The lowest BCUT2D eigenvalue weighted by molar-refractivity contribution is 0.251. The van der Waals surface area contributed by atoms with Crippen LogP contribution in [0.2, 0.25) is 0 Å². The molecule has 0 unspecified atom stereocenters. The van der Waals surface area contributed by atoms with Crippen molar-refractivity contribution < 1.29 is 0 Å². The van der Waals surface area contributed by atoms with E-state index in [1.165, 1.54) is 88.5 Å². The van der Waals surface area contributed by atoms with Crippen molar-refractivity contribution in [3.8, 4) is 0 Å². The number of unbranched alkanes of at least 4 members (excludes halogenated alkanes) is 8. The van der Waals surface area contributed by atoms with Gasteiger partial charge in [-0.2, -0.15) is 0 Å². The van der Waals surface area contributed by atoms with Crippen molar-refractivity contribution in [1.82, 2.24) is 5.06 Å². The van der Waals surface area contributed by atoms with E-state index in [0.29, 0.717) is 5.92 Å². The summed E-state index contributed by atoms with van der Waals surface area (Å²) < 4.78 is 0. The fraction of sp³-hybridized carbons (Fsp3) is 1.00. The Kier molecular flexibility index (Phi) is 11.4. The molecule has 0 aliphatic heterocycles. The molecule has 1 saturated carbocycles. The molecule has 0 aromatic rings. The second-order valence-corrected chi connectivity index (χ2v) is 6.72. The zero-order chi connectivity index (χ0) is 14.5. The molecular formula is C18H36NO-. The van der Waals surface area contributed by atoms with Crippen LogP contribution in [0, 0.1) is 11.1 Å². The highest BCUT2D eigenvalue weighted by Crippen LogP contribution is 2.24. The van der Waals surface area contributed by atoms with Gasteiger partial charge in [-0.05, 0) is 38.3 Å². The Morgan fingerprint density at radius 3 is 1.95 bits per heavy atom. The lowest BCUT2D eigenvalue weighted by Gasteiger charge is -2.34. The van der Waals surface area contributed by atoms with E-state index in [9.17, 15) is 5.21 Å². The van der Waals surface area contributed by atoms with E-state index in [1.807, 2.05) is 0 Å². The highest BCUT2D eigenvalue weighted by Gasteiger charge is 2.13. The molecule has 120 valence electrons. The normalized spacial score (nSPS) is 16.9. The molecule has 0 bridgehead atoms. The minimum Gasteiger partial charge on any atom is -0.785 e. The predicted octanol–water partition coefficient (Wildman–Crippen LogP) is 5.90. The van der Waals surface area contributed by atoms with Crippen LogP contribution >= 0.6 is 0 Å². The number of nitrogens with zero attached hydrogens (tertiary/aromatic N) is 1. The first-order valence-electron chi connectivity index (χ1n) is 9.25. The van der Waals surface area contributed by atoms with Gasteiger partial charge < -0.3 is 10.3 Å². The molecule has 0 aromatic carbocycles. The molecule has 2 nitrogen and oxygen atoms in total. The minimum absolute atomic E-state index is 0.694. The maximum absolute atomic E-state index is 11.8. The average Bonchev–Trinajstić information content (AvgIpc) is 2.46. The molecule has 0 spiro atoms. The van der Waals surface area contributed by atoms with Crippen LogP contribution in [0.5, 0.6) is 0 Å². The van der Waals surface area contributed by atoms with Crippen molar-refractivity contribution in [2.75, 3.05) is 13.1 Å². The Morgan fingerprint density at radius 2 is 1.35 bits per heavy atom. The third-order valence-corrected chi connectivity index (χ3v) is 4.70. The summed E-state index contributed by atoms with van der Waals surface area (Å²) in [6.45, 7) is 3.84. The van der Waals surface area contributed by atoms with Gasteiger partial charge in [0, 0.05) is 0 Å². The number of hydroxylamine groups is 2. The maximum atomic E-state index is 11.8. The van der Waals surface area contributed by atoms with Gasteiger partial charge in [0.15, 0.2) is 0 Å². The van der Waals surface area contributed by atoms with Gasteiger partial charge in [0.05, 0.1) is 0 Å². The molecule has 0 saturated heterocycles. The number of hydrogen-bond donors (Lipinski definition) is 0. The predicted molar refractivity (Wildman–Crippen MR) is 88.7 cm³/mol. The summed E-state index contributed by atoms with van der Waals surface area (Å²) in [4.78, 5) is 0. The fourth-order valence-electron chi connectivity index (χ4n) is 3.35. The van der Waals surface area contributed by atoms with E-state index in [0.717, 1.165) is 19.5 Å². The lowest BCUT2D eigenvalue weighted by Crippen LogP contribution is -2.26. The van der Waals surface area contributed by atoms with E-state index in [-0.39, 0.29) is 0 Å². The molecule has 1 rings (SSSR count). The molecule has 20 heavy (non-hydrogen) atoms. The SMILES string of the molecule is CCCCCCCCCCCN([O-])CC1CCCCC1. The second-order valence-electron chi connectivity index (χ2n) is 6.72. The molecule has 1 aliphatic carbocycles. The van der Waals surface area contributed by atoms with Gasteiger partial charge in [0.1, 0.15) is 0 Å². The van der Waals surface area contributed by atoms with Crippen molar-refractivity contribution >= 4 is 0 Å². The molecule has 0 heterocycles. The van der Waals surface area contributed by atoms with E-state index in [2.05, 4.69) is 6.92 Å². The Bertz CT molecular complexity index is 202. The van der Waals surface area contributed by atoms with Crippen LogP contribution in [-0.2, 0) is 0 Å². The fourth-order valence-corrected chi connectivity index (χ4v) is 3.35. The van der Waals surface area contributed by atoms with Gasteiger partial charge >= 0.3 is 0 Å². The lowest BCUT2D eigenvalue weighted by atomic mass is 9.89. The van der Waals surface area contributed by atoms with E-state index in [1.54, 1.807) is 0 Å². The first-order chi connectivity index (χ1) is 9.83. The minimum atomic E-state index is 0.694. The molecule has 0 N–H and O–H groups in total. The standard InChI is InChI=1S/C18H36NO/c1-2-3-4-5-6-7-8-9-13-16-19(20)17-18-14-11-10-12-15-18/h18H,2-17H2,1H3/q-1. The highest BCUT2D eigenvalue weighted by molar-refractivity contribution is 4.70. The Hall–Kier alpha value is -0.0800. The van der Waals surface area contributed by atoms with Crippen molar-refractivity contribution in [3.05, 3.63) is 5.21 Å². The Morgan fingerprint density at radius 1 is 0.800 bits per heavy atom. The molecule has 1 fully saturated rings. The van der Waals surface area contributed by atoms with Gasteiger partial charge in [-0.15, -0.1) is 0 Å². The van der Waals surface area contributed by atoms with Crippen LogP contribution in [0.4, 0.5) is 0 Å². The largest absolute Gasteiger partial charge is 0.785 e. The maximum Gasteiger partial charge on any atom is -0.0116 e. The second kappa shape index (κ2) is 12.6. The van der Waals surface area contributed by atoms with Crippen molar-refractivity contribution in [3.63, 3.8) is 0 Å². The van der Waals surface area contributed by atoms with Crippen LogP contribution < -0.4 is 0 Å². The zero-order valence-corrected chi connectivity index (χ0v) is 13.7. The van der Waals surface area contributed by atoms with Crippen LogP contribution in [0.25, 0.3) is 0 Å². The highest BCUT2D eigenvalue weighted by atomic mass is 16.5. The molecule has 0 radical (unpaired) electrons. The molecule has 0 atom stereocenters. The summed E-state index contributed by atoms with van der Waals surface area (Å²) in [5, 5.41) is 13.2. The van der Waals surface area contributed by atoms with Crippen LogP contribution in [0.1, 0.15) is 96.8 Å². The molecule has 0 aromatic heterocycles. The average molecular weight is 282 g/mol. The van der Waals surface area contributed by atoms with E-state index >= 15 is 0 Å². The molecule has 2 heteroatoms. The monoisotopic (exact) mass is 282 g/mol. The number of hydrogen-bond acceptors (Lipinski definition) is 2. The van der Waals surface area contributed by atoms with Gasteiger partial charge in [-0.25, -0.2) is 0 Å². The topological polar surface area (TPSA) is 26.3 Å². The third kappa shape index (κ3) is 9.77. The van der Waals surface area contributed by atoms with Crippen LogP contribution in [-0.4, -0.2) is 18.2 Å².